The van der Waals surface area contributed by atoms with Crippen molar-refractivity contribution in [3.8, 4) is 0 Å². The lowest BCUT2D eigenvalue weighted by Gasteiger charge is -2.10. The smallest absolute Gasteiger partial charge is 0.339 e. The highest BCUT2D eigenvalue weighted by atomic mass is 35.5. The summed E-state index contributed by atoms with van der Waals surface area (Å²) in [4.78, 5) is 11.3. The Labute approximate surface area is 105 Å². The van der Waals surface area contributed by atoms with Gasteiger partial charge in [-0.1, -0.05) is 17.7 Å². The maximum Gasteiger partial charge on any atom is 0.339 e. The van der Waals surface area contributed by atoms with Crippen LogP contribution >= 0.6 is 24.0 Å². The van der Waals surface area contributed by atoms with Crippen LogP contribution in [-0.4, -0.2) is 24.8 Å². The number of methoxy groups -OCH3 is 1. The first-order valence-electron chi connectivity index (χ1n) is 4.34. The summed E-state index contributed by atoms with van der Waals surface area (Å²) in [7, 11) is 1.28. The molecular formula is C10H13Cl2NO3. The second kappa shape index (κ2) is 6.70. The third-order valence-electron chi connectivity index (χ3n) is 2.02. The van der Waals surface area contributed by atoms with Gasteiger partial charge < -0.3 is 15.6 Å². The molecule has 1 rings (SSSR count). The minimum Gasteiger partial charge on any atom is -0.465 e. The molecule has 0 aliphatic heterocycles. The van der Waals surface area contributed by atoms with Crippen LogP contribution in [0.2, 0.25) is 5.02 Å². The summed E-state index contributed by atoms with van der Waals surface area (Å²) in [5.74, 6) is -0.521. The van der Waals surface area contributed by atoms with Gasteiger partial charge in [-0.15, -0.1) is 12.4 Å². The fourth-order valence-corrected chi connectivity index (χ4v) is 1.34. The quantitative estimate of drug-likeness (QED) is 0.814. The average molecular weight is 266 g/mol. The average Bonchev–Trinajstić information content (AvgIpc) is 2.27. The molecule has 3 N–H and O–H groups in total. The van der Waals surface area contributed by atoms with Crippen LogP contribution < -0.4 is 5.73 Å². The molecule has 1 unspecified atom stereocenters. The molecule has 0 aliphatic carbocycles. The monoisotopic (exact) mass is 265 g/mol. The molecule has 0 radical (unpaired) electrons. The number of rotatable bonds is 3. The zero-order chi connectivity index (χ0) is 11.4. The van der Waals surface area contributed by atoms with Gasteiger partial charge in [0, 0.05) is 0 Å². The van der Waals surface area contributed by atoms with Gasteiger partial charge in [-0.05, 0) is 17.7 Å². The molecule has 6 heteroatoms. The van der Waals surface area contributed by atoms with Crippen LogP contribution in [0.4, 0.5) is 0 Å². The number of aliphatic hydroxyl groups excluding tert-OH is 1. The summed E-state index contributed by atoms with van der Waals surface area (Å²) in [6.45, 7) is -0.192. The van der Waals surface area contributed by atoms with Crippen LogP contribution in [0, 0.1) is 0 Å². The number of benzene rings is 1. The van der Waals surface area contributed by atoms with Gasteiger partial charge in [0.2, 0.25) is 0 Å². The summed E-state index contributed by atoms with van der Waals surface area (Å²) in [5.41, 5.74) is 6.50. The van der Waals surface area contributed by atoms with Crippen LogP contribution in [0.25, 0.3) is 0 Å². The summed E-state index contributed by atoms with van der Waals surface area (Å²) in [5, 5.41) is 9.17. The summed E-state index contributed by atoms with van der Waals surface area (Å²) in [6.07, 6.45) is 0. The molecule has 1 aromatic carbocycles. The maximum atomic E-state index is 11.3. The van der Waals surface area contributed by atoms with Crippen LogP contribution in [0.5, 0.6) is 0 Å². The van der Waals surface area contributed by atoms with E-state index in [4.69, 9.17) is 22.4 Å². The molecule has 16 heavy (non-hydrogen) atoms. The summed E-state index contributed by atoms with van der Waals surface area (Å²) >= 11 is 5.81. The van der Waals surface area contributed by atoms with Gasteiger partial charge in [0.1, 0.15) is 0 Å². The predicted molar refractivity (Wildman–Crippen MR) is 64.1 cm³/mol. The molecule has 0 spiro atoms. The Morgan fingerprint density at radius 2 is 2.25 bits per heavy atom. The van der Waals surface area contributed by atoms with Crippen LogP contribution in [-0.2, 0) is 4.74 Å². The fraction of sp³-hybridized carbons (Fsp3) is 0.300. The SMILES string of the molecule is COC(=O)c1cc(C(N)CO)ccc1Cl.Cl. The Morgan fingerprint density at radius 3 is 2.75 bits per heavy atom. The molecule has 0 aromatic heterocycles. The highest BCUT2D eigenvalue weighted by molar-refractivity contribution is 6.33. The number of nitrogens with two attached hydrogens (primary N) is 1. The van der Waals surface area contributed by atoms with E-state index in [-0.39, 0.29) is 24.6 Å². The van der Waals surface area contributed by atoms with E-state index in [2.05, 4.69) is 4.74 Å². The molecule has 1 atom stereocenters. The van der Waals surface area contributed by atoms with Gasteiger partial charge in [-0.25, -0.2) is 4.79 Å². The zero-order valence-corrected chi connectivity index (χ0v) is 10.2. The Hall–Kier alpha value is -0.810. The minimum atomic E-state index is -0.523. The van der Waals surface area contributed by atoms with E-state index in [0.29, 0.717) is 10.6 Å². The van der Waals surface area contributed by atoms with Crippen molar-refractivity contribution in [1.29, 1.82) is 0 Å². The lowest BCUT2D eigenvalue weighted by atomic mass is 10.1. The number of halogens is 2. The van der Waals surface area contributed by atoms with Crippen molar-refractivity contribution in [3.63, 3.8) is 0 Å². The number of aliphatic hydroxyl groups is 1. The number of carbonyl (C=O) groups is 1. The van der Waals surface area contributed by atoms with Crippen molar-refractivity contribution in [1.82, 2.24) is 0 Å². The van der Waals surface area contributed by atoms with Gasteiger partial charge in [0.05, 0.1) is 30.3 Å². The normalized spacial score (nSPS) is 11.5. The molecular weight excluding hydrogens is 253 g/mol. The van der Waals surface area contributed by atoms with Crippen LogP contribution in [0.15, 0.2) is 18.2 Å². The minimum absolute atomic E-state index is 0. The highest BCUT2D eigenvalue weighted by Crippen LogP contribution is 2.21. The second-order valence-electron chi connectivity index (χ2n) is 3.02. The van der Waals surface area contributed by atoms with E-state index in [1.165, 1.54) is 13.2 Å². The van der Waals surface area contributed by atoms with Crippen molar-refractivity contribution < 1.29 is 14.6 Å². The first-order valence-corrected chi connectivity index (χ1v) is 4.72. The van der Waals surface area contributed by atoms with Gasteiger partial charge in [-0.3, -0.25) is 0 Å². The molecule has 0 saturated heterocycles. The second-order valence-corrected chi connectivity index (χ2v) is 3.43. The van der Waals surface area contributed by atoms with Crippen molar-refractivity contribution >= 4 is 30.0 Å². The van der Waals surface area contributed by atoms with Gasteiger partial charge in [0.25, 0.3) is 0 Å². The largest absolute Gasteiger partial charge is 0.465 e. The Bertz CT molecular complexity index is 371. The number of hydrogen-bond donors (Lipinski definition) is 2. The lowest BCUT2D eigenvalue weighted by molar-refractivity contribution is 0.0600. The first-order chi connectivity index (χ1) is 7.10. The maximum absolute atomic E-state index is 11.3. The van der Waals surface area contributed by atoms with Gasteiger partial charge >= 0.3 is 5.97 Å². The number of ether oxygens (including phenoxy) is 1. The van der Waals surface area contributed by atoms with E-state index in [1.807, 2.05) is 0 Å². The Morgan fingerprint density at radius 1 is 1.62 bits per heavy atom. The van der Waals surface area contributed by atoms with Crippen molar-refractivity contribution in [3.05, 3.63) is 34.3 Å². The molecule has 1 aromatic rings. The third kappa shape index (κ3) is 3.35. The van der Waals surface area contributed by atoms with E-state index in [0.717, 1.165) is 0 Å². The molecule has 90 valence electrons. The molecule has 0 amide bonds. The van der Waals surface area contributed by atoms with Gasteiger partial charge in [0.15, 0.2) is 0 Å². The Kier molecular flexibility index (Phi) is 6.36. The van der Waals surface area contributed by atoms with Crippen molar-refractivity contribution in [2.24, 2.45) is 5.73 Å². The molecule has 4 nitrogen and oxygen atoms in total. The van der Waals surface area contributed by atoms with E-state index in [1.54, 1.807) is 12.1 Å². The van der Waals surface area contributed by atoms with E-state index >= 15 is 0 Å². The number of hydrogen-bond acceptors (Lipinski definition) is 4. The molecule has 0 bridgehead atoms. The number of carbonyl (C=O) groups excluding carboxylic acids is 1. The molecule has 0 heterocycles. The van der Waals surface area contributed by atoms with Gasteiger partial charge in [-0.2, -0.15) is 0 Å². The zero-order valence-electron chi connectivity index (χ0n) is 8.64. The summed E-state index contributed by atoms with van der Waals surface area (Å²) < 4.78 is 4.56. The third-order valence-corrected chi connectivity index (χ3v) is 2.35. The fourth-order valence-electron chi connectivity index (χ4n) is 1.15. The molecule has 0 aliphatic rings. The van der Waals surface area contributed by atoms with E-state index < -0.39 is 12.0 Å². The molecule has 0 fully saturated rings. The lowest BCUT2D eigenvalue weighted by Crippen LogP contribution is -2.15. The van der Waals surface area contributed by atoms with E-state index in [9.17, 15) is 4.79 Å². The standard InChI is InChI=1S/C10H12ClNO3.ClH/c1-15-10(14)7-4-6(9(12)5-13)2-3-8(7)11;/h2-4,9,13H,5,12H2,1H3;1H. The highest BCUT2D eigenvalue weighted by Gasteiger charge is 2.13. The predicted octanol–water partition coefficient (Wildman–Crippen LogP) is 1.54. The summed E-state index contributed by atoms with van der Waals surface area (Å²) in [6, 6.07) is 4.22. The molecule has 0 saturated carbocycles. The van der Waals surface area contributed by atoms with Crippen LogP contribution in [0.1, 0.15) is 22.0 Å². The van der Waals surface area contributed by atoms with Crippen molar-refractivity contribution in [2.75, 3.05) is 13.7 Å². The Balaban J connectivity index is 0.00000225. The number of esters is 1. The van der Waals surface area contributed by atoms with Crippen molar-refractivity contribution in [2.45, 2.75) is 6.04 Å². The topological polar surface area (TPSA) is 72.5 Å². The van der Waals surface area contributed by atoms with Crippen LogP contribution in [0.3, 0.4) is 0 Å². The first kappa shape index (κ1) is 15.2.